The summed E-state index contributed by atoms with van der Waals surface area (Å²) in [6, 6.07) is 6.50. The van der Waals surface area contributed by atoms with Gasteiger partial charge in [0, 0.05) is 24.4 Å². The van der Waals surface area contributed by atoms with E-state index in [9.17, 15) is 14.4 Å². The zero-order chi connectivity index (χ0) is 20.3. The Balaban J connectivity index is 1.61. The van der Waals surface area contributed by atoms with Crippen LogP contribution in [0.2, 0.25) is 0 Å². The predicted molar refractivity (Wildman–Crippen MR) is 110 cm³/mol. The van der Waals surface area contributed by atoms with Crippen molar-refractivity contribution in [1.82, 2.24) is 9.55 Å². The number of benzene rings is 1. The maximum atomic E-state index is 12.4. The Morgan fingerprint density at radius 1 is 1.36 bits per heavy atom. The zero-order valence-electron chi connectivity index (χ0n) is 15.9. The molecule has 0 saturated carbocycles. The van der Waals surface area contributed by atoms with Gasteiger partial charge in [0.05, 0.1) is 28.5 Å². The number of nitrogens with one attached hydrogen (secondary N) is 1. The molecule has 3 rings (SSSR count). The smallest absolute Gasteiger partial charge is 0.338 e. The number of thioether (sulfide) groups is 2. The molecule has 7 nitrogen and oxygen atoms in total. The summed E-state index contributed by atoms with van der Waals surface area (Å²) in [7, 11) is 1.67. The summed E-state index contributed by atoms with van der Waals surface area (Å²) in [6.45, 7) is 4.12. The highest BCUT2D eigenvalue weighted by molar-refractivity contribution is 8.00. The standard InChI is InChI=1S/C19H21N3O4S2/c1-4-26-18(25)12-5-7-13(8-6-12)20-15(23)10-27-19-21-14-9-11(2)28-16(14)17(24)22(19)3/h5-8,11H,4,9-10H2,1-3H3,(H,20,23)/t11-/m1/s1. The van der Waals surface area contributed by atoms with E-state index in [4.69, 9.17) is 4.74 Å². The number of fused-ring (bicyclic) bond motifs is 1. The van der Waals surface area contributed by atoms with Gasteiger partial charge in [-0.3, -0.25) is 14.2 Å². The van der Waals surface area contributed by atoms with E-state index < -0.39 is 5.97 Å². The fraction of sp³-hybridized carbons (Fsp3) is 0.368. The Bertz CT molecular complexity index is 957. The van der Waals surface area contributed by atoms with Gasteiger partial charge >= 0.3 is 5.97 Å². The third-order valence-electron chi connectivity index (χ3n) is 4.09. The molecule has 1 aromatic heterocycles. The first-order valence-corrected chi connectivity index (χ1v) is 10.7. The van der Waals surface area contributed by atoms with Crippen molar-refractivity contribution < 1.29 is 14.3 Å². The van der Waals surface area contributed by atoms with Crippen LogP contribution in [0.5, 0.6) is 0 Å². The van der Waals surface area contributed by atoms with Crippen molar-refractivity contribution >= 4 is 41.1 Å². The fourth-order valence-electron chi connectivity index (χ4n) is 2.74. The minimum Gasteiger partial charge on any atom is -0.462 e. The number of ether oxygens (including phenoxy) is 1. The molecule has 0 unspecified atom stereocenters. The molecule has 148 valence electrons. The molecule has 0 spiro atoms. The summed E-state index contributed by atoms with van der Waals surface area (Å²) in [5.41, 5.74) is 1.77. The van der Waals surface area contributed by atoms with E-state index >= 15 is 0 Å². The molecular weight excluding hydrogens is 398 g/mol. The first-order valence-electron chi connectivity index (χ1n) is 8.85. The van der Waals surface area contributed by atoms with Crippen molar-refractivity contribution in [3.05, 3.63) is 45.9 Å². The second-order valence-electron chi connectivity index (χ2n) is 6.30. The predicted octanol–water partition coefficient (Wildman–Crippen LogP) is 2.72. The molecule has 0 radical (unpaired) electrons. The average molecular weight is 420 g/mol. The monoisotopic (exact) mass is 419 g/mol. The molecule has 1 atom stereocenters. The van der Waals surface area contributed by atoms with Crippen LogP contribution in [0, 0.1) is 0 Å². The molecule has 28 heavy (non-hydrogen) atoms. The van der Waals surface area contributed by atoms with Gasteiger partial charge in [-0.25, -0.2) is 9.78 Å². The number of amides is 1. The molecule has 1 aromatic carbocycles. The van der Waals surface area contributed by atoms with Crippen molar-refractivity contribution in [2.75, 3.05) is 17.7 Å². The Labute approximate surface area is 171 Å². The molecule has 1 aliphatic heterocycles. The number of esters is 1. The van der Waals surface area contributed by atoms with Gasteiger partial charge in [-0.15, -0.1) is 11.8 Å². The SMILES string of the molecule is CCOC(=O)c1ccc(NC(=O)CSc2nc3c(c(=O)n2C)S[C@H](C)C3)cc1. The molecule has 1 amide bonds. The van der Waals surface area contributed by atoms with Crippen molar-refractivity contribution in [1.29, 1.82) is 0 Å². The van der Waals surface area contributed by atoms with Crippen molar-refractivity contribution in [2.45, 2.75) is 35.6 Å². The normalized spacial score (nSPS) is 15.2. The van der Waals surface area contributed by atoms with Gasteiger partial charge in [0.1, 0.15) is 0 Å². The van der Waals surface area contributed by atoms with Crippen LogP contribution in [-0.2, 0) is 23.0 Å². The van der Waals surface area contributed by atoms with E-state index in [1.807, 2.05) is 0 Å². The highest BCUT2D eigenvalue weighted by Crippen LogP contribution is 2.33. The van der Waals surface area contributed by atoms with Gasteiger partial charge in [-0.2, -0.15) is 0 Å². The maximum Gasteiger partial charge on any atom is 0.338 e. The lowest BCUT2D eigenvalue weighted by Gasteiger charge is -2.10. The third kappa shape index (κ3) is 4.59. The molecule has 0 fully saturated rings. The van der Waals surface area contributed by atoms with Gasteiger partial charge < -0.3 is 10.1 Å². The summed E-state index contributed by atoms with van der Waals surface area (Å²) in [5, 5.41) is 3.65. The second kappa shape index (κ2) is 8.83. The molecular formula is C19H21N3O4S2. The number of anilines is 1. The minimum absolute atomic E-state index is 0.0585. The van der Waals surface area contributed by atoms with Crippen LogP contribution in [0.15, 0.2) is 39.1 Å². The van der Waals surface area contributed by atoms with Crippen LogP contribution in [0.25, 0.3) is 0 Å². The Morgan fingerprint density at radius 2 is 2.07 bits per heavy atom. The number of hydrogen-bond donors (Lipinski definition) is 1. The summed E-state index contributed by atoms with van der Waals surface area (Å²) in [6.07, 6.45) is 0.767. The van der Waals surface area contributed by atoms with Crippen molar-refractivity contribution in [3.63, 3.8) is 0 Å². The lowest BCUT2D eigenvalue weighted by molar-refractivity contribution is -0.113. The van der Waals surface area contributed by atoms with Crippen molar-refractivity contribution in [3.8, 4) is 0 Å². The van der Waals surface area contributed by atoms with Crippen molar-refractivity contribution in [2.24, 2.45) is 7.05 Å². The van der Waals surface area contributed by atoms with E-state index in [1.54, 1.807) is 50.0 Å². The number of hydrogen-bond acceptors (Lipinski definition) is 7. The lowest BCUT2D eigenvalue weighted by atomic mass is 10.2. The van der Waals surface area contributed by atoms with Gasteiger partial charge in [0.15, 0.2) is 5.16 Å². The van der Waals surface area contributed by atoms with Gasteiger partial charge in [0.2, 0.25) is 5.91 Å². The number of aromatic nitrogens is 2. The van der Waals surface area contributed by atoms with E-state index in [2.05, 4.69) is 17.2 Å². The summed E-state index contributed by atoms with van der Waals surface area (Å²) in [5.74, 6) is -0.486. The molecule has 2 aromatic rings. The molecule has 0 aliphatic carbocycles. The van der Waals surface area contributed by atoms with Gasteiger partial charge in [-0.05, 0) is 31.2 Å². The lowest BCUT2D eigenvalue weighted by Crippen LogP contribution is -2.23. The topological polar surface area (TPSA) is 90.3 Å². The van der Waals surface area contributed by atoms with Crippen LogP contribution in [0.4, 0.5) is 5.69 Å². The van der Waals surface area contributed by atoms with Crippen LogP contribution in [-0.4, -0.2) is 39.0 Å². The van der Waals surface area contributed by atoms with Crippen LogP contribution >= 0.6 is 23.5 Å². The molecule has 0 bridgehead atoms. The number of carbonyl (C=O) groups is 2. The number of carbonyl (C=O) groups excluding carboxylic acids is 2. The van der Waals surface area contributed by atoms with Gasteiger partial charge in [-0.1, -0.05) is 18.7 Å². The summed E-state index contributed by atoms with van der Waals surface area (Å²) in [4.78, 5) is 41.6. The highest BCUT2D eigenvalue weighted by atomic mass is 32.2. The molecule has 9 heteroatoms. The fourth-order valence-corrected chi connectivity index (χ4v) is 4.67. The van der Waals surface area contributed by atoms with E-state index in [1.165, 1.54) is 16.3 Å². The van der Waals surface area contributed by atoms with E-state index in [0.29, 0.717) is 33.2 Å². The Morgan fingerprint density at radius 3 is 2.75 bits per heavy atom. The Kier molecular flexibility index (Phi) is 6.46. The molecule has 1 N–H and O–H groups in total. The first-order chi connectivity index (χ1) is 13.4. The van der Waals surface area contributed by atoms with Crippen LogP contribution < -0.4 is 10.9 Å². The van der Waals surface area contributed by atoms with E-state index in [0.717, 1.165) is 12.1 Å². The number of nitrogens with zero attached hydrogens (tertiary/aromatic N) is 2. The zero-order valence-corrected chi connectivity index (χ0v) is 17.5. The quantitative estimate of drug-likeness (QED) is 0.437. The second-order valence-corrected chi connectivity index (χ2v) is 8.69. The minimum atomic E-state index is -0.396. The third-order valence-corrected chi connectivity index (χ3v) is 6.34. The van der Waals surface area contributed by atoms with Gasteiger partial charge in [0.25, 0.3) is 5.56 Å². The van der Waals surface area contributed by atoms with Crippen LogP contribution in [0.1, 0.15) is 29.9 Å². The van der Waals surface area contributed by atoms with Crippen LogP contribution in [0.3, 0.4) is 0 Å². The molecule has 1 aliphatic rings. The maximum absolute atomic E-state index is 12.4. The average Bonchev–Trinajstić information content (AvgIpc) is 3.05. The largest absolute Gasteiger partial charge is 0.462 e. The summed E-state index contributed by atoms with van der Waals surface area (Å²) < 4.78 is 6.43. The summed E-state index contributed by atoms with van der Waals surface area (Å²) >= 11 is 2.78. The first kappa shape index (κ1) is 20.5. The number of rotatable bonds is 6. The highest BCUT2D eigenvalue weighted by Gasteiger charge is 2.25. The molecule has 2 heterocycles. The molecule has 0 saturated heterocycles. The Hall–Kier alpha value is -2.26. The van der Waals surface area contributed by atoms with E-state index in [-0.39, 0.29) is 17.2 Å².